The predicted molar refractivity (Wildman–Crippen MR) is 97.3 cm³/mol. The van der Waals surface area contributed by atoms with Crippen molar-refractivity contribution in [3.05, 3.63) is 47.9 Å². The number of furan rings is 1. The fourth-order valence-corrected chi connectivity index (χ4v) is 2.99. The third kappa shape index (κ3) is 5.49. The molecule has 1 aliphatic rings. The van der Waals surface area contributed by atoms with Gasteiger partial charge in [0, 0.05) is 25.2 Å². The summed E-state index contributed by atoms with van der Waals surface area (Å²) in [7, 11) is 3.30. The molecule has 1 heterocycles. The molecule has 1 fully saturated rings. The maximum atomic E-state index is 10.4. The average Bonchev–Trinajstić information content (AvgIpc) is 3.37. The lowest BCUT2D eigenvalue weighted by atomic mass is 10.1. The molecule has 26 heavy (non-hydrogen) atoms. The molecule has 0 spiro atoms. The van der Waals surface area contributed by atoms with E-state index in [4.69, 9.17) is 18.6 Å². The van der Waals surface area contributed by atoms with Crippen LogP contribution in [-0.2, 0) is 17.9 Å². The van der Waals surface area contributed by atoms with Crippen molar-refractivity contribution in [2.75, 3.05) is 27.4 Å². The third-order valence-electron chi connectivity index (χ3n) is 4.44. The first kappa shape index (κ1) is 18.8. The third-order valence-corrected chi connectivity index (χ3v) is 4.44. The van der Waals surface area contributed by atoms with Gasteiger partial charge in [-0.25, -0.2) is 0 Å². The minimum Gasteiger partial charge on any atom is -0.497 e. The molecule has 6 heteroatoms. The number of hydrogen-bond acceptors (Lipinski definition) is 6. The highest BCUT2D eigenvalue weighted by molar-refractivity contribution is 5.38. The highest BCUT2D eigenvalue weighted by atomic mass is 16.5. The second kappa shape index (κ2) is 9.07. The van der Waals surface area contributed by atoms with E-state index in [1.165, 1.54) is 12.8 Å². The number of aliphatic hydroxyl groups excluding tert-OH is 1. The first-order valence-corrected chi connectivity index (χ1v) is 8.92. The molecule has 142 valence electrons. The van der Waals surface area contributed by atoms with Gasteiger partial charge in [-0.15, -0.1) is 0 Å². The monoisotopic (exact) mass is 361 g/mol. The lowest BCUT2D eigenvalue weighted by Crippen LogP contribution is -2.36. The van der Waals surface area contributed by atoms with Gasteiger partial charge >= 0.3 is 0 Å². The number of benzene rings is 1. The van der Waals surface area contributed by atoms with Gasteiger partial charge in [0.1, 0.15) is 23.9 Å². The van der Waals surface area contributed by atoms with Crippen LogP contribution in [0.2, 0.25) is 0 Å². The Labute approximate surface area is 154 Å². The number of rotatable bonds is 11. The van der Waals surface area contributed by atoms with Crippen LogP contribution in [0.5, 0.6) is 11.5 Å². The zero-order chi connectivity index (χ0) is 18.4. The summed E-state index contributed by atoms with van der Waals surface area (Å²) in [6, 6.07) is 10.1. The molecule has 0 bridgehead atoms. The molecule has 0 amide bonds. The van der Waals surface area contributed by atoms with Crippen LogP contribution in [0.4, 0.5) is 0 Å². The van der Waals surface area contributed by atoms with Crippen molar-refractivity contribution < 1.29 is 23.7 Å². The van der Waals surface area contributed by atoms with Gasteiger partial charge in [0.05, 0.1) is 33.2 Å². The molecule has 0 saturated heterocycles. The summed E-state index contributed by atoms with van der Waals surface area (Å²) in [6.07, 6.45) is 3.41. The molecule has 1 saturated carbocycles. The quantitative estimate of drug-likeness (QED) is 0.664. The van der Waals surface area contributed by atoms with E-state index < -0.39 is 6.10 Å². The second-order valence-corrected chi connectivity index (χ2v) is 6.63. The van der Waals surface area contributed by atoms with Gasteiger partial charge in [0.25, 0.3) is 0 Å². The van der Waals surface area contributed by atoms with Crippen molar-refractivity contribution in [3.63, 3.8) is 0 Å². The Morgan fingerprint density at radius 1 is 1.19 bits per heavy atom. The second-order valence-electron chi connectivity index (χ2n) is 6.63. The van der Waals surface area contributed by atoms with Crippen molar-refractivity contribution in [3.8, 4) is 11.5 Å². The summed E-state index contributed by atoms with van der Waals surface area (Å²) in [5.74, 6) is 2.31. The molecule has 0 radical (unpaired) electrons. The van der Waals surface area contributed by atoms with Crippen molar-refractivity contribution in [1.29, 1.82) is 0 Å². The van der Waals surface area contributed by atoms with Gasteiger partial charge in [-0.2, -0.15) is 0 Å². The zero-order valence-corrected chi connectivity index (χ0v) is 15.4. The van der Waals surface area contributed by atoms with Gasteiger partial charge in [-0.3, -0.25) is 4.90 Å². The Kier molecular flexibility index (Phi) is 6.55. The van der Waals surface area contributed by atoms with E-state index in [-0.39, 0.29) is 6.61 Å². The number of nitrogens with zero attached hydrogens (tertiary/aromatic N) is 1. The van der Waals surface area contributed by atoms with Crippen LogP contribution in [0, 0.1) is 0 Å². The van der Waals surface area contributed by atoms with Gasteiger partial charge in [0.2, 0.25) is 0 Å². The van der Waals surface area contributed by atoms with Crippen molar-refractivity contribution in [2.24, 2.45) is 0 Å². The van der Waals surface area contributed by atoms with Crippen LogP contribution in [0.15, 0.2) is 41.0 Å². The maximum Gasteiger partial charge on any atom is 0.129 e. The van der Waals surface area contributed by atoms with E-state index in [9.17, 15) is 5.11 Å². The van der Waals surface area contributed by atoms with E-state index in [1.807, 2.05) is 30.3 Å². The Hall–Kier alpha value is -2.02. The normalized spacial score (nSPS) is 15.2. The van der Waals surface area contributed by atoms with Crippen LogP contribution in [0.1, 0.15) is 24.2 Å². The summed E-state index contributed by atoms with van der Waals surface area (Å²) in [5, 5.41) is 10.4. The van der Waals surface area contributed by atoms with E-state index in [2.05, 4.69) is 4.90 Å². The Morgan fingerprint density at radius 2 is 1.92 bits per heavy atom. The lowest BCUT2D eigenvalue weighted by molar-refractivity contribution is 0.00245. The highest BCUT2D eigenvalue weighted by Gasteiger charge is 2.30. The minimum atomic E-state index is -0.543. The van der Waals surface area contributed by atoms with Crippen molar-refractivity contribution >= 4 is 0 Å². The van der Waals surface area contributed by atoms with Gasteiger partial charge in [0.15, 0.2) is 0 Å². The number of aliphatic hydroxyl groups is 1. The highest BCUT2D eigenvalue weighted by Crippen LogP contribution is 2.30. The van der Waals surface area contributed by atoms with E-state index in [1.54, 1.807) is 20.5 Å². The molecule has 2 aromatic rings. The summed E-state index contributed by atoms with van der Waals surface area (Å²) in [4.78, 5) is 2.30. The SMILES string of the molecule is COc1cc(CN(C[C@@H](O)COCc2ccco2)C2CC2)cc(OC)c1. The van der Waals surface area contributed by atoms with Crippen molar-refractivity contribution in [2.45, 2.75) is 38.1 Å². The van der Waals surface area contributed by atoms with Gasteiger partial charge < -0.3 is 23.7 Å². The Balaban J connectivity index is 1.54. The molecule has 1 aromatic carbocycles. The summed E-state index contributed by atoms with van der Waals surface area (Å²) in [5.41, 5.74) is 1.11. The van der Waals surface area contributed by atoms with Gasteiger partial charge in [-0.1, -0.05) is 0 Å². The largest absolute Gasteiger partial charge is 0.497 e. The minimum absolute atomic E-state index is 0.283. The number of ether oxygens (including phenoxy) is 3. The summed E-state index contributed by atoms with van der Waals surface area (Å²) < 4.78 is 21.5. The molecule has 1 aliphatic carbocycles. The topological polar surface area (TPSA) is 64.3 Å². The van der Waals surface area contributed by atoms with Crippen LogP contribution in [0.3, 0.4) is 0 Å². The molecule has 6 nitrogen and oxygen atoms in total. The smallest absolute Gasteiger partial charge is 0.129 e. The zero-order valence-electron chi connectivity index (χ0n) is 15.4. The van der Waals surface area contributed by atoms with Crippen LogP contribution in [-0.4, -0.2) is 49.5 Å². The van der Waals surface area contributed by atoms with E-state index in [0.29, 0.717) is 19.2 Å². The standard InChI is InChI=1S/C20H27NO5/c1-23-19-8-15(9-20(10-19)24-2)11-21(16-5-6-16)12-17(22)13-25-14-18-4-3-7-26-18/h3-4,7-10,16-17,22H,5-6,11-14H2,1-2H3/t17-/m1/s1. The van der Waals surface area contributed by atoms with Crippen LogP contribution < -0.4 is 9.47 Å². The fraction of sp³-hybridized carbons (Fsp3) is 0.500. The molecule has 0 aliphatic heterocycles. The van der Waals surface area contributed by atoms with Crippen molar-refractivity contribution in [1.82, 2.24) is 4.90 Å². The number of methoxy groups -OCH3 is 2. The maximum absolute atomic E-state index is 10.4. The number of hydrogen-bond donors (Lipinski definition) is 1. The van der Waals surface area contributed by atoms with Gasteiger partial charge in [-0.05, 0) is 42.7 Å². The molecule has 3 rings (SSSR count). The first-order chi connectivity index (χ1) is 12.7. The molecule has 1 atom stereocenters. The average molecular weight is 361 g/mol. The molecule has 1 N–H and O–H groups in total. The predicted octanol–water partition coefficient (Wildman–Crippen LogP) is 2.84. The van der Waals surface area contributed by atoms with Crippen LogP contribution in [0.25, 0.3) is 0 Å². The lowest BCUT2D eigenvalue weighted by Gasteiger charge is -2.25. The van der Waals surface area contributed by atoms with Crippen LogP contribution >= 0.6 is 0 Å². The fourth-order valence-electron chi connectivity index (χ4n) is 2.99. The molecule has 0 unspecified atom stereocenters. The molecular weight excluding hydrogens is 334 g/mol. The summed E-state index contributed by atoms with van der Waals surface area (Å²) >= 11 is 0. The Morgan fingerprint density at radius 3 is 2.50 bits per heavy atom. The molecule has 1 aromatic heterocycles. The van der Waals surface area contributed by atoms with E-state index >= 15 is 0 Å². The molecular formula is C20H27NO5. The summed E-state index contributed by atoms with van der Waals surface area (Å²) in [6.45, 7) is 1.97. The van der Waals surface area contributed by atoms with E-state index in [0.717, 1.165) is 29.4 Å². The Bertz CT molecular complexity index is 647. The first-order valence-electron chi connectivity index (χ1n) is 8.92.